The number of aromatic nitrogens is 2. The first-order valence-electron chi connectivity index (χ1n) is 11.1. The number of nitrogens with one attached hydrogen (secondary N) is 1. The molecule has 1 aromatic heterocycles. The van der Waals surface area contributed by atoms with Gasteiger partial charge in [-0.15, -0.1) is 10.2 Å². The first-order valence-corrected chi connectivity index (χ1v) is 14.8. The predicted octanol–water partition coefficient (Wildman–Crippen LogP) is 5.67. The van der Waals surface area contributed by atoms with Crippen molar-refractivity contribution in [3.63, 3.8) is 0 Å². The van der Waals surface area contributed by atoms with Gasteiger partial charge in [-0.25, -0.2) is 8.42 Å². The molecular formula is C26H26N4O3S3. The fourth-order valence-electron chi connectivity index (χ4n) is 3.50. The lowest BCUT2D eigenvalue weighted by Crippen LogP contribution is -2.30. The van der Waals surface area contributed by atoms with Crippen molar-refractivity contribution in [3.8, 4) is 0 Å². The quantitative estimate of drug-likeness (QED) is 0.218. The lowest BCUT2D eigenvalue weighted by Gasteiger charge is -2.25. The normalized spacial score (nSPS) is 11.3. The highest BCUT2D eigenvalue weighted by atomic mass is 32.2. The molecular weight excluding hydrogens is 513 g/mol. The van der Waals surface area contributed by atoms with Crippen LogP contribution in [0.4, 0.5) is 10.8 Å². The van der Waals surface area contributed by atoms with Gasteiger partial charge in [0, 0.05) is 11.3 Å². The molecule has 186 valence electrons. The lowest BCUT2D eigenvalue weighted by atomic mass is 10.1. The summed E-state index contributed by atoms with van der Waals surface area (Å²) < 4.78 is 27.3. The summed E-state index contributed by atoms with van der Waals surface area (Å²) in [5.74, 6) is 0.476. The molecule has 0 radical (unpaired) electrons. The van der Waals surface area contributed by atoms with Crippen LogP contribution in [-0.2, 0) is 22.3 Å². The van der Waals surface area contributed by atoms with Gasteiger partial charge in [0.2, 0.25) is 15.2 Å². The van der Waals surface area contributed by atoms with Crippen molar-refractivity contribution >= 4 is 49.8 Å². The summed E-state index contributed by atoms with van der Waals surface area (Å²) in [5, 5.41) is 11.4. The van der Waals surface area contributed by atoms with Crippen molar-refractivity contribution in [2.45, 2.75) is 30.5 Å². The molecule has 0 fully saturated rings. The molecule has 1 N–H and O–H groups in total. The van der Waals surface area contributed by atoms with Crippen LogP contribution in [0.2, 0.25) is 0 Å². The number of carbonyl (C=O) groups excluding carboxylic acids is 1. The average molecular weight is 539 g/mol. The van der Waals surface area contributed by atoms with Gasteiger partial charge in [-0.2, -0.15) is 0 Å². The molecule has 0 aliphatic rings. The number of anilines is 2. The van der Waals surface area contributed by atoms with Crippen LogP contribution in [0.1, 0.15) is 32.6 Å². The Kier molecular flexibility index (Phi) is 8.07. The summed E-state index contributed by atoms with van der Waals surface area (Å²) in [6, 6.07) is 22.7. The van der Waals surface area contributed by atoms with E-state index in [-0.39, 0.29) is 12.5 Å². The summed E-state index contributed by atoms with van der Waals surface area (Å²) >= 11 is 2.89. The molecule has 0 saturated carbocycles. The molecule has 4 rings (SSSR count). The summed E-state index contributed by atoms with van der Waals surface area (Å²) in [4.78, 5) is 12.7. The van der Waals surface area contributed by atoms with Gasteiger partial charge in [0.1, 0.15) is 0 Å². The van der Waals surface area contributed by atoms with E-state index in [1.165, 1.54) is 27.5 Å². The van der Waals surface area contributed by atoms with Crippen LogP contribution in [0.3, 0.4) is 0 Å². The average Bonchev–Trinajstić information content (AvgIpc) is 3.30. The molecule has 0 aliphatic heterocycles. The third-order valence-electron chi connectivity index (χ3n) is 5.41. The number of hydrogen-bond donors (Lipinski definition) is 1. The van der Waals surface area contributed by atoms with Gasteiger partial charge >= 0.3 is 0 Å². The highest BCUT2D eigenvalue weighted by molar-refractivity contribution is 8.00. The van der Waals surface area contributed by atoms with Crippen molar-refractivity contribution in [3.05, 3.63) is 101 Å². The van der Waals surface area contributed by atoms with Gasteiger partial charge in [0.05, 0.1) is 18.5 Å². The maximum Gasteiger partial charge on any atom is 0.257 e. The second kappa shape index (κ2) is 11.2. The highest BCUT2D eigenvalue weighted by Crippen LogP contribution is 2.29. The van der Waals surface area contributed by atoms with Crippen molar-refractivity contribution in [2.75, 3.05) is 15.9 Å². The number of benzene rings is 3. The number of carbonyl (C=O) groups is 1. The maximum absolute atomic E-state index is 12.7. The molecule has 0 spiro atoms. The van der Waals surface area contributed by atoms with Crippen molar-refractivity contribution in [1.29, 1.82) is 0 Å². The molecule has 1 heterocycles. The van der Waals surface area contributed by atoms with Gasteiger partial charge in [-0.3, -0.25) is 14.4 Å². The number of aryl methyl sites for hydroxylation is 2. The van der Waals surface area contributed by atoms with E-state index in [9.17, 15) is 13.2 Å². The van der Waals surface area contributed by atoms with Gasteiger partial charge in [0.15, 0.2) is 4.34 Å². The van der Waals surface area contributed by atoms with E-state index in [4.69, 9.17) is 0 Å². The Bertz CT molecular complexity index is 1450. The van der Waals surface area contributed by atoms with E-state index in [0.717, 1.165) is 26.8 Å². The van der Waals surface area contributed by atoms with Crippen LogP contribution in [0, 0.1) is 13.8 Å². The zero-order valence-electron chi connectivity index (χ0n) is 20.1. The number of amides is 1. The summed E-state index contributed by atoms with van der Waals surface area (Å²) in [6.45, 7) is 3.99. The van der Waals surface area contributed by atoms with E-state index in [0.29, 0.717) is 16.4 Å². The van der Waals surface area contributed by atoms with Gasteiger partial charge in [-0.05, 0) is 54.3 Å². The van der Waals surface area contributed by atoms with Crippen LogP contribution in [-0.4, -0.2) is 30.8 Å². The van der Waals surface area contributed by atoms with Gasteiger partial charge in [0.25, 0.3) is 5.91 Å². The van der Waals surface area contributed by atoms with Crippen LogP contribution in [0.15, 0.2) is 77.1 Å². The number of hydrogen-bond acceptors (Lipinski definition) is 7. The Morgan fingerprint density at radius 1 is 0.972 bits per heavy atom. The lowest BCUT2D eigenvalue weighted by molar-refractivity contribution is 0.102. The van der Waals surface area contributed by atoms with E-state index in [2.05, 4.69) is 27.6 Å². The molecule has 0 unspecified atom stereocenters. The SMILES string of the molecule is Cc1ccc(C)c(N(Cc2ccc(C(=O)Nc3nnc(SCc4ccccc4)s3)cc2)S(C)(=O)=O)c1. The largest absolute Gasteiger partial charge is 0.296 e. The molecule has 10 heteroatoms. The van der Waals surface area contributed by atoms with E-state index < -0.39 is 10.0 Å². The Morgan fingerprint density at radius 3 is 2.39 bits per heavy atom. The third-order valence-corrected chi connectivity index (χ3v) is 8.58. The zero-order chi connectivity index (χ0) is 25.7. The van der Waals surface area contributed by atoms with Gasteiger partial charge in [-0.1, -0.05) is 77.7 Å². The molecule has 0 saturated heterocycles. The summed E-state index contributed by atoms with van der Waals surface area (Å²) in [7, 11) is -3.50. The zero-order valence-corrected chi connectivity index (χ0v) is 22.6. The highest BCUT2D eigenvalue weighted by Gasteiger charge is 2.20. The van der Waals surface area contributed by atoms with Crippen molar-refractivity contribution < 1.29 is 13.2 Å². The molecule has 3 aromatic carbocycles. The molecule has 0 atom stereocenters. The number of rotatable bonds is 9. The standard InChI is InChI=1S/C26H26N4O3S3/c1-18-9-10-19(2)23(15-18)30(36(3,32)33)16-20-11-13-22(14-12-20)24(31)27-25-28-29-26(35-25)34-17-21-7-5-4-6-8-21/h4-15H,16-17H2,1-3H3,(H,27,28,31). The van der Waals surface area contributed by atoms with Crippen LogP contribution in [0.25, 0.3) is 0 Å². The van der Waals surface area contributed by atoms with Crippen LogP contribution >= 0.6 is 23.1 Å². The number of nitrogens with zero attached hydrogens (tertiary/aromatic N) is 3. The Balaban J connectivity index is 1.40. The molecule has 7 nitrogen and oxygen atoms in total. The fourth-order valence-corrected chi connectivity index (χ4v) is 6.14. The summed E-state index contributed by atoms with van der Waals surface area (Å²) in [5.41, 5.74) is 4.92. The Labute approximate surface area is 219 Å². The topological polar surface area (TPSA) is 92.3 Å². The Morgan fingerprint density at radius 2 is 1.69 bits per heavy atom. The minimum Gasteiger partial charge on any atom is -0.296 e. The molecule has 0 bridgehead atoms. The van der Waals surface area contributed by atoms with Crippen LogP contribution in [0.5, 0.6) is 0 Å². The minimum absolute atomic E-state index is 0.170. The van der Waals surface area contributed by atoms with E-state index in [1.54, 1.807) is 36.0 Å². The maximum atomic E-state index is 12.7. The van der Waals surface area contributed by atoms with Gasteiger partial charge < -0.3 is 0 Å². The molecule has 4 aromatic rings. The van der Waals surface area contributed by atoms with Crippen molar-refractivity contribution in [2.24, 2.45) is 0 Å². The van der Waals surface area contributed by atoms with E-state index in [1.807, 2.05) is 50.2 Å². The predicted molar refractivity (Wildman–Crippen MR) is 147 cm³/mol. The van der Waals surface area contributed by atoms with E-state index >= 15 is 0 Å². The molecule has 0 aliphatic carbocycles. The third kappa shape index (κ3) is 6.71. The second-order valence-corrected chi connectivity index (χ2v) is 12.5. The molecule has 1 amide bonds. The number of sulfonamides is 1. The minimum atomic E-state index is -3.50. The monoisotopic (exact) mass is 538 g/mol. The second-order valence-electron chi connectivity index (χ2n) is 8.36. The van der Waals surface area contributed by atoms with Crippen LogP contribution < -0.4 is 9.62 Å². The summed E-state index contributed by atoms with van der Waals surface area (Å²) in [6.07, 6.45) is 1.20. The Hall–Kier alpha value is -3.21. The number of thioether (sulfide) groups is 1. The first-order chi connectivity index (χ1) is 17.2. The molecule has 36 heavy (non-hydrogen) atoms. The first kappa shape index (κ1) is 25.9. The smallest absolute Gasteiger partial charge is 0.257 e. The fraction of sp³-hybridized carbons (Fsp3) is 0.192. The van der Waals surface area contributed by atoms with Crippen molar-refractivity contribution in [1.82, 2.24) is 10.2 Å².